The summed E-state index contributed by atoms with van der Waals surface area (Å²) in [7, 11) is 0. The Morgan fingerprint density at radius 2 is 1.94 bits per heavy atom. The van der Waals surface area contributed by atoms with Crippen molar-refractivity contribution >= 4 is 0 Å². The lowest BCUT2D eigenvalue weighted by Crippen LogP contribution is -2.43. The summed E-state index contributed by atoms with van der Waals surface area (Å²) in [6.07, 6.45) is 8.99. The largest absolute Gasteiger partial charge is 0.321 e. The third-order valence-electron chi connectivity index (χ3n) is 3.49. The first kappa shape index (κ1) is 9.60. The normalized spacial score (nSPS) is 18.1. The fourth-order valence-corrected chi connectivity index (χ4v) is 2.22. The molecule has 2 aromatic rings. The number of aromatic nitrogens is 2. The zero-order chi connectivity index (χ0) is 11.0. The second-order valence-corrected chi connectivity index (χ2v) is 4.53. The Kier molecular flexibility index (Phi) is 2.07. The smallest absolute Gasteiger partial charge is 0.0991 e. The molecule has 0 aliphatic heterocycles. The minimum absolute atomic E-state index is 0.0620. The van der Waals surface area contributed by atoms with E-state index in [4.69, 9.17) is 5.73 Å². The van der Waals surface area contributed by atoms with Crippen LogP contribution < -0.4 is 5.73 Å². The molecule has 2 N–H and O–H groups in total. The molecule has 0 radical (unpaired) electrons. The number of hydrogen-bond donors (Lipinski definition) is 1. The predicted octanol–water partition coefficient (Wildman–Crippen LogP) is 2.21. The van der Waals surface area contributed by atoms with Gasteiger partial charge in [-0.3, -0.25) is 0 Å². The molecule has 3 rings (SSSR count). The van der Waals surface area contributed by atoms with Crippen LogP contribution in [0.3, 0.4) is 0 Å². The summed E-state index contributed by atoms with van der Waals surface area (Å²) in [5.74, 6) is 0. The van der Waals surface area contributed by atoms with Crippen LogP contribution in [0.1, 0.15) is 24.8 Å². The molecule has 0 bridgehead atoms. The van der Waals surface area contributed by atoms with Gasteiger partial charge in [0.1, 0.15) is 0 Å². The van der Waals surface area contributed by atoms with Crippen LogP contribution in [0.5, 0.6) is 0 Å². The van der Waals surface area contributed by atoms with E-state index in [0.717, 1.165) is 18.5 Å². The lowest BCUT2D eigenvalue weighted by molar-refractivity contribution is 0.253. The van der Waals surface area contributed by atoms with Gasteiger partial charge in [-0.05, 0) is 37.0 Å². The second kappa shape index (κ2) is 3.46. The molecule has 0 saturated heterocycles. The number of nitrogens with two attached hydrogens (primary N) is 1. The van der Waals surface area contributed by atoms with Crippen molar-refractivity contribution in [2.24, 2.45) is 5.73 Å². The van der Waals surface area contributed by atoms with E-state index in [1.165, 1.54) is 12.0 Å². The molecule has 1 aliphatic rings. The highest BCUT2D eigenvalue weighted by atomic mass is 15.0. The van der Waals surface area contributed by atoms with E-state index < -0.39 is 0 Å². The van der Waals surface area contributed by atoms with Crippen LogP contribution in [0.25, 0.3) is 5.69 Å². The van der Waals surface area contributed by atoms with Crippen molar-refractivity contribution < 1.29 is 0 Å². The number of hydrogen-bond acceptors (Lipinski definition) is 2. The maximum Gasteiger partial charge on any atom is 0.0991 e. The molecule has 82 valence electrons. The van der Waals surface area contributed by atoms with E-state index in [1.807, 2.05) is 10.8 Å². The van der Waals surface area contributed by atoms with Gasteiger partial charge in [-0.15, -0.1) is 0 Å². The Morgan fingerprint density at radius 3 is 2.44 bits per heavy atom. The molecule has 1 saturated carbocycles. The van der Waals surface area contributed by atoms with Gasteiger partial charge in [0, 0.05) is 23.6 Å². The average Bonchev–Trinajstić information content (AvgIpc) is 2.80. The number of benzene rings is 1. The van der Waals surface area contributed by atoms with E-state index in [1.54, 1.807) is 12.5 Å². The number of nitrogens with zero attached hydrogens (tertiary/aromatic N) is 2. The monoisotopic (exact) mass is 213 g/mol. The molecule has 0 amide bonds. The van der Waals surface area contributed by atoms with Crippen molar-refractivity contribution in [3.05, 3.63) is 48.5 Å². The van der Waals surface area contributed by atoms with Gasteiger partial charge in [0.05, 0.1) is 6.33 Å². The van der Waals surface area contributed by atoms with Gasteiger partial charge in [0.2, 0.25) is 0 Å². The van der Waals surface area contributed by atoms with E-state index in [2.05, 4.69) is 29.2 Å². The molecular formula is C13H15N3. The van der Waals surface area contributed by atoms with Gasteiger partial charge in [0.25, 0.3) is 0 Å². The summed E-state index contributed by atoms with van der Waals surface area (Å²) >= 11 is 0. The first-order valence-electron chi connectivity index (χ1n) is 5.66. The van der Waals surface area contributed by atoms with Crippen LogP contribution >= 0.6 is 0 Å². The van der Waals surface area contributed by atoms with Gasteiger partial charge in [-0.1, -0.05) is 12.1 Å². The van der Waals surface area contributed by atoms with E-state index in [-0.39, 0.29) is 5.54 Å². The van der Waals surface area contributed by atoms with Crippen LogP contribution in [0.4, 0.5) is 0 Å². The zero-order valence-electron chi connectivity index (χ0n) is 9.13. The lowest BCUT2D eigenvalue weighted by atomic mass is 9.73. The van der Waals surface area contributed by atoms with Gasteiger partial charge >= 0.3 is 0 Å². The van der Waals surface area contributed by atoms with Crippen LogP contribution in [-0.4, -0.2) is 9.55 Å². The maximum absolute atomic E-state index is 6.27. The van der Waals surface area contributed by atoms with Gasteiger partial charge in [-0.25, -0.2) is 4.98 Å². The molecule has 0 atom stereocenters. The molecule has 0 spiro atoms. The van der Waals surface area contributed by atoms with Crippen molar-refractivity contribution in [3.63, 3.8) is 0 Å². The topological polar surface area (TPSA) is 43.8 Å². The molecule has 3 nitrogen and oxygen atoms in total. The first-order chi connectivity index (χ1) is 7.78. The Bertz CT molecular complexity index is 466. The van der Waals surface area contributed by atoms with Crippen LogP contribution in [0.2, 0.25) is 0 Å². The Hall–Kier alpha value is -1.61. The number of imidazole rings is 1. The van der Waals surface area contributed by atoms with Crippen molar-refractivity contribution in [2.45, 2.75) is 24.8 Å². The van der Waals surface area contributed by atoms with Gasteiger partial charge in [0.15, 0.2) is 0 Å². The van der Waals surface area contributed by atoms with Crippen molar-refractivity contribution in [3.8, 4) is 5.69 Å². The minimum atomic E-state index is -0.0620. The van der Waals surface area contributed by atoms with E-state index in [0.29, 0.717) is 0 Å². The summed E-state index contributed by atoms with van der Waals surface area (Å²) in [6.45, 7) is 0. The molecule has 1 heterocycles. The summed E-state index contributed by atoms with van der Waals surface area (Å²) in [5, 5.41) is 0. The highest BCUT2D eigenvalue weighted by Gasteiger charge is 2.33. The average molecular weight is 213 g/mol. The highest BCUT2D eigenvalue weighted by molar-refractivity contribution is 5.37. The predicted molar refractivity (Wildman–Crippen MR) is 63.3 cm³/mol. The highest BCUT2D eigenvalue weighted by Crippen LogP contribution is 2.38. The molecule has 1 aliphatic carbocycles. The zero-order valence-corrected chi connectivity index (χ0v) is 9.13. The summed E-state index contributed by atoms with van der Waals surface area (Å²) < 4.78 is 1.99. The number of rotatable bonds is 2. The Balaban J connectivity index is 1.91. The Labute approximate surface area is 94.9 Å². The third kappa shape index (κ3) is 1.44. The van der Waals surface area contributed by atoms with Crippen LogP contribution in [0, 0.1) is 0 Å². The standard InChI is InChI=1S/C13H15N3/c14-13(6-1-7-13)11-2-4-12(5-3-11)16-9-8-15-10-16/h2-5,8-10H,1,6-7,14H2. The van der Waals surface area contributed by atoms with Crippen molar-refractivity contribution in [1.29, 1.82) is 0 Å². The van der Waals surface area contributed by atoms with Gasteiger partial charge < -0.3 is 10.3 Å². The summed E-state index contributed by atoms with van der Waals surface area (Å²) in [4.78, 5) is 4.04. The molecule has 1 aromatic carbocycles. The van der Waals surface area contributed by atoms with Crippen molar-refractivity contribution in [2.75, 3.05) is 0 Å². The lowest BCUT2D eigenvalue weighted by Gasteiger charge is -2.38. The van der Waals surface area contributed by atoms with E-state index in [9.17, 15) is 0 Å². The fourth-order valence-electron chi connectivity index (χ4n) is 2.22. The molecule has 1 fully saturated rings. The third-order valence-corrected chi connectivity index (χ3v) is 3.49. The quantitative estimate of drug-likeness (QED) is 0.831. The molecule has 1 aromatic heterocycles. The molecule has 3 heteroatoms. The molecular weight excluding hydrogens is 198 g/mol. The first-order valence-corrected chi connectivity index (χ1v) is 5.66. The van der Waals surface area contributed by atoms with Crippen LogP contribution in [-0.2, 0) is 5.54 Å². The minimum Gasteiger partial charge on any atom is -0.321 e. The maximum atomic E-state index is 6.27. The SMILES string of the molecule is NC1(c2ccc(-n3ccnc3)cc2)CCC1. The van der Waals surface area contributed by atoms with E-state index >= 15 is 0 Å². The fraction of sp³-hybridized carbons (Fsp3) is 0.308. The second-order valence-electron chi connectivity index (χ2n) is 4.53. The molecule has 16 heavy (non-hydrogen) atoms. The van der Waals surface area contributed by atoms with Crippen molar-refractivity contribution in [1.82, 2.24) is 9.55 Å². The summed E-state index contributed by atoms with van der Waals surface area (Å²) in [6, 6.07) is 8.47. The van der Waals surface area contributed by atoms with Gasteiger partial charge in [-0.2, -0.15) is 0 Å². The van der Waals surface area contributed by atoms with Crippen LogP contribution in [0.15, 0.2) is 43.0 Å². The Morgan fingerprint density at radius 1 is 1.19 bits per heavy atom. The summed E-state index contributed by atoms with van der Waals surface area (Å²) in [5.41, 5.74) is 8.59. The molecule has 0 unspecified atom stereocenters.